The van der Waals surface area contributed by atoms with Gasteiger partial charge in [-0.05, 0) is 25.2 Å². The first-order chi connectivity index (χ1) is 12.0. The van der Waals surface area contributed by atoms with E-state index in [1.165, 1.54) is 4.31 Å². The predicted octanol–water partition coefficient (Wildman–Crippen LogP) is 2.66. The van der Waals surface area contributed by atoms with E-state index in [0.717, 1.165) is 16.5 Å². The fourth-order valence-corrected chi connectivity index (χ4v) is 4.73. The summed E-state index contributed by atoms with van der Waals surface area (Å²) >= 11 is 0. The monoisotopic (exact) mass is 423 g/mol. The summed E-state index contributed by atoms with van der Waals surface area (Å²) in [7, 11) is 0.326. The second-order valence-electron chi connectivity index (χ2n) is 6.27. The van der Waals surface area contributed by atoms with Gasteiger partial charge in [0, 0.05) is 47.6 Å². The Kier molecular flexibility index (Phi) is 7.46. The summed E-state index contributed by atoms with van der Waals surface area (Å²) in [6.07, 6.45) is 0. The van der Waals surface area contributed by atoms with Crippen LogP contribution in [-0.4, -0.2) is 66.1 Å². The van der Waals surface area contributed by atoms with Crippen LogP contribution in [0, 0.1) is 0 Å². The summed E-state index contributed by atoms with van der Waals surface area (Å²) in [6.45, 7) is 3.19. The van der Waals surface area contributed by atoms with E-state index in [9.17, 15) is 8.42 Å². The molecule has 2 aromatic carbocycles. The molecule has 0 atom stereocenters. The molecule has 1 aliphatic rings. The third-order valence-electron chi connectivity index (χ3n) is 4.39. The molecule has 3 rings (SSSR count). The molecule has 8 heteroatoms. The first-order valence-corrected chi connectivity index (χ1v) is 9.91. The van der Waals surface area contributed by atoms with Gasteiger partial charge in [0.15, 0.2) is 0 Å². The van der Waals surface area contributed by atoms with E-state index >= 15 is 0 Å². The van der Waals surface area contributed by atoms with Crippen molar-refractivity contribution in [3.63, 3.8) is 0 Å². The Balaban J connectivity index is 0.00000243. The van der Waals surface area contributed by atoms with Crippen LogP contribution < -0.4 is 4.90 Å². The molecule has 0 unspecified atom stereocenters. The third-order valence-corrected chi connectivity index (χ3v) is 6.35. The Morgan fingerprint density at radius 2 is 1.46 bits per heavy atom. The van der Waals surface area contributed by atoms with Crippen LogP contribution in [0.1, 0.15) is 0 Å². The molecule has 1 radical (unpaired) electrons. The quantitative estimate of drug-likeness (QED) is 0.712. The van der Waals surface area contributed by atoms with Crippen molar-refractivity contribution in [2.75, 3.05) is 58.3 Å². The summed E-state index contributed by atoms with van der Waals surface area (Å²) in [4.78, 5) is 2.35. The molecule has 0 bridgehead atoms. The molecule has 0 saturated carbocycles. The van der Waals surface area contributed by atoms with E-state index in [-0.39, 0.29) is 17.1 Å². The zero-order chi connectivity index (χ0) is 17.9. The average Bonchev–Trinajstić information content (AvgIpc) is 2.74. The minimum Gasteiger partial charge on any atom is -0.663 e. The van der Waals surface area contributed by atoms with E-state index in [1.807, 2.05) is 49.3 Å². The number of fused-ring (bicyclic) bond motifs is 1. The number of anilines is 1. The Morgan fingerprint density at radius 1 is 0.885 bits per heavy atom. The number of rotatable bonds is 3. The van der Waals surface area contributed by atoms with Gasteiger partial charge in [-0.1, -0.05) is 24.3 Å². The average molecular weight is 424 g/mol. The van der Waals surface area contributed by atoms with Gasteiger partial charge in [-0.25, -0.2) is 12.7 Å². The molecule has 0 N–H and O–H groups in total. The van der Waals surface area contributed by atoms with Gasteiger partial charge in [-0.3, -0.25) is 0 Å². The molecule has 1 saturated heterocycles. The maximum atomic E-state index is 13.3. The Hall–Kier alpha value is -1.15. The number of hydrogen-bond donors (Lipinski definition) is 0. The number of hydrogen-bond acceptors (Lipinski definition) is 3. The SMILES string of the molecule is CN(C)c1cccc2c(S(=O)(=O)N3CC[N-]CC[N-]CC3)cccc12.[Cu]. The summed E-state index contributed by atoms with van der Waals surface area (Å²) < 4.78 is 28.1. The molecular formula is C18H24CuN4O2S-2. The molecule has 0 amide bonds. The zero-order valence-corrected chi connectivity index (χ0v) is 16.8. The molecule has 26 heavy (non-hydrogen) atoms. The van der Waals surface area contributed by atoms with Crippen LogP contribution in [0.3, 0.4) is 0 Å². The molecule has 1 aliphatic heterocycles. The molecular weight excluding hydrogens is 400 g/mol. The van der Waals surface area contributed by atoms with E-state index in [0.29, 0.717) is 44.2 Å². The van der Waals surface area contributed by atoms with Crippen molar-refractivity contribution in [1.29, 1.82) is 0 Å². The topological polar surface area (TPSA) is 68.8 Å². The minimum atomic E-state index is -3.59. The summed E-state index contributed by atoms with van der Waals surface area (Å²) in [6, 6.07) is 11.2. The van der Waals surface area contributed by atoms with Gasteiger partial charge in [0.1, 0.15) is 0 Å². The molecule has 147 valence electrons. The maximum Gasteiger partial charge on any atom is 0.243 e. The fraction of sp³-hybridized carbons (Fsp3) is 0.444. The second kappa shape index (κ2) is 9.17. The smallest absolute Gasteiger partial charge is 0.243 e. The van der Waals surface area contributed by atoms with Crippen molar-refractivity contribution in [3.05, 3.63) is 47.0 Å². The van der Waals surface area contributed by atoms with Crippen molar-refractivity contribution in [1.82, 2.24) is 4.31 Å². The largest absolute Gasteiger partial charge is 0.663 e. The van der Waals surface area contributed by atoms with Crippen molar-refractivity contribution in [2.24, 2.45) is 0 Å². The molecule has 1 fully saturated rings. The first-order valence-electron chi connectivity index (χ1n) is 8.47. The summed E-state index contributed by atoms with van der Waals surface area (Å²) in [5.41, 5.74) is 1.00. The van der Waals surface area contributed by atoms with Gasteiger partial charge < -0.3 is 15.5 Å². The number of benzene rings is 2. The molecule has 1 heterocycles. The Morgan fingerprint density at radius 3 is 2.08 bits per heavy atom. The standard InChI is InChI=1S/C18H24N4O2S.Cu/c1-21(2)17-7-3-6-16-15(17)5-4-8-18(16)25(23,24)22-13-11-19-9-10-20-12-14-22;/h3-8H,9-14H2,1-2H3;/q-2;. The molecule has 2 aromatic rings. The van der Waals surface area contributed by atoms with Gasteiger partial charge in [0.25, 0.3) is 0 Å². The van der Waals surface area contributed by atoms with Crippen LogP contribution in [0.25, 0.3) is 21.4 Å². The van der Waals surface area contributed by atoms with Crippen LogP contribution in [0.15, 0.2) is 41.3 Å². The second-order valence-corrected chi connectivity index (χ2v) is 8.17. The van der Waals surface area contributed by atoms with Crippen molar-refractivity contribution >= 4 is 26.5 Å². The Bertz CT molecular complexity index is 832. The normalized spacial score (nSPS) is 17.0. The van der Waals surface area contributed by atoms with Crippen LogP contribution in [0.5, 0.6) is 0 Å². The molecule has 0 aromatic heterocycles. The van der Waals surface area contributed by atoms with Crippen molar-refractivity contribution in [3.8, 4) is 0 Å². The van der Waals surface area contributed by atoms with Gasteiger partial charge in [-0.15, -0.1) is 13.1 Å². The van der Waals surface area contributed by atoms with Gasteiger partial charge >= 0.3 is 0 Å². The van der Waals surface area contributed by atoms with E-state index in [2.05, 4.69) is 10.6 Å². The van der Waals surface area contributed by atoms with Crippen molar-refractivity contribution in [2.45, 2.75) is 4.90 Å². The van der Waals surface area contributed by atoms with Gasteiger partial charge in [-0.2, -0.15) is 13.1 Å². The number of nitrogens with zero attached hydrogens (tertiary/aromatic N) is 4. The fourth-order valence-electron chi connectivity index (χ4n) is 3.10. The van der Waals surface area contributed by atoms with E-state index in [4.69, 9.17) is 0 Å². The van der Waals surface area contributed by atoms with E-state index in [1.54, 1.807) is 6.07 Å². The number of sulfonamides is 1. The molecule has 6 nitrogen and oxygen atoms in total. The Labute approximate surface area is 166 Å². The third kappa shape index (κ3) is 4.39. The van der Waals surface area contributed by atoms with Crippen LogP contribution in [0.4, 0.5) is 5.69 Å². The predicted molar refractivity (Wildman–Crippen MR) is 103 cm³/mol. The van der Waals surface area contributed by atoms with E-state index < -0.39 is 10.0 Å². The van der Waals surface area contributed by atoms with Gasteiger partial charge in [0.05, 0.1) is 4.90 Å². The molecule has 0 spiro atoms. The summed E-state index contributed by atoms with van der Waals surface area (Å²) in [5, 5.41) is 10.4. The molecule has 0 aliphatic carbocycles. The minimum absolute atomic E-state index is 0. The van der Waals surface area contributed by atoms with Crippen molar-refractivity contribution < 1.29 is 25.5 Å². The zero-order valence-electron chi connectivity index (χ0n) is 15.0. The van der Waals surface area contributed by atoms with Crippen LogP contribution >= 0.6 is 0 Å². The maximum absolute atomic E-state index is 13.3. The van der Waals surface area contributed by atoms with Gasteiger partial charge in [0.2, 0.25) is 10.0 Å². The summed E-state index contributed by atoms with van der Waals surface area (Å²) in [5.74, 6) is 0. The van der Waals surface area contributed by atoms with Crippen LogP contribution in [0.2, 0.25) is 0 Å². The van der Waals surface area contributed by atoms with Crippen LogP contribution in [-0.2, 0) is 27.1 Å². The first kappa shape index (κ1) is 21.2.